The van der Waals surface area contributed by atoms with Crippen LogP contribution in [-0.2, 0) is 4.79 Å². The van der Waals surface area contributed by atoms with Crippen molar-refractivity contribution in [2.45, 2.75) is 6.42 Å². The zero-order valence-electron chi connectivity index (χ0n) is 17.4. The monoisotopic (exact) mass is 456 g/mol. The first-order valence-electron chi connectivity index (χ1n) is 9.92. The first kappa shape index (κ1) is 21.8. The Labute approximate surface area is 187 Å². The molecule has 164 valence electrons. The SMILES string of the molecule is CN(C)C(=O)[C@H]1CCN(c2c(F)cc3[nH]c(-c4cc(C#N)ccc4Cl)cc(=O)c3c2F)C1. The van der Waals surface area contributed by atoms with Gasteiger partial charge in [-0.05, 0) is 24.6 Å². The van der Waals surface area contributed by atoms with Crippen molar-refractivity contribution in [3.8, 4) is 17.3 Å². The van der Waals surface area contributed by atoms with Gasteiger partial charge in [0.2, 0.25) is 5.91 Å². The quantitative estimate of drug-likeness (QED) is 0.648. The van der Waals surface area contributed by atoms with E-state index >= 15 is 8.78 Å². The Morgan fingerprint density at radius 2 is 2.03 bits per heavy atom. The largest absolute Gasteiger partial charge is 0.366 e. The van der Waals surface area contributed by atoms with Crippen LogP contribution in [0.1, 0.15) is 12.0 Å². The van der Waals surface area contributed by atoms with Gasteiger partial charge in [0.15, 0.2) is 17.1 Å². The highest BCUT2D eigenvalue weighted by molar-refractivity contribution is 6.33. The molecule has 9 heteroatoms. The molecule has 3 aromatic rings. The first-order valence-corrected chi connectivity index (χ1v) is 10.3. The number of nitriles is 1. The van der Waals surface area contributed by atoms with Crippen molar-refractivity contribution in [3.05, 3.63) is 62.8 Å². The number of anilines is 1. The van der Waals surface area contributed by atoms with Crippen LogP contribution >= 0.6 is 11.6 Å². The van der Waals surface area contributed by atoms with Crippen LogP contribution in [0.2, 0.25) is 5.02 Å². The average molecular weight is 457 g/mol. The van der Waals surface area contributed by atoms with E-state index in [-0.39, 0.29) is 45.7 Å². The summed E-state index contributed by atoms with van der Waals surface area (Å²) in [7, 11) is 3.27. The summed E-state index contributed by atoms with van der Waals surface area (Å²) in [6, 6.07) is 8.77. The van der Waals surface area contributed by atoms with E-state index in [1.807, 2.05) is 6.07 Å². The lowest BCUT2D eigenvalue weighted by Gasteiger charge is -2.22. The standard InChI is InChI=1S/C23H19ClF2N4O2/c1-29(2)23(32)13-5-6-30(11-13)22-16(25)8-18-20(21(22)26)19(31)9-17(28-18)14-7-12(10-27)3-4-15(14)24/h3-4,7-9,13H,5-6,11H2,1-2H3,(H,28,31)/t13-/m0/s1. The summed E-state index contributed by atoms with van der Waals surface area (Å²) in [4.78, 5) is 30.9. The van der Waals surface area contributed by atoms with Gasteiger partial charge in [-0.25, -0.2) is 8.78 Å². The fourth-order valence-electron chi connectivity index (χ4n) is 4.10. The molecule has 0 spiro atoms. The van der Waals surface area contributed by atoms with Crippen molar-refractivity contribution in [1.82, 2.24) is 9.88 Å². The topological polar surface area (TPSA) is 80.2 Å². The third-order valence-corrected chi connectivity index (χ3v) is 5.99. The maximum atomic E-state index is 15.4. The predicted molar refractivity (Wildman–Crippen MR) is 119 cm³/mol. The molecule has 0 aliphatic carbocycles. The molecule has 1 amide bonds. The van der Waals surface area contributed by atoms with Crippen molar-refractivity contribution >= 4 is 34.1 Å². The molecule has 1 fully saturated rings. The average Bonchev–Trinajstić information content (AvgIpc) is 3.22. The van der Waals surface area contributed by atoms with E-state index < -0.39 is 17.1 Å². The molecule has 4 rings (SSSR count). The molecule has 0 radical (unpaired) electrons. The molecule has 1 aromatic heterocycles. The minimum Gasteiger partial charge on any atom is -0.366 e. The van der Waals surface area contributed by atoms with Crippen LogP contribution < -0.4 is 10.3 Å². The number of hydrogen-bond donors (Lipinski definition) is 1. The Hall–Kier alpha value is -3.44. The molecule has 2 aromatic carbocycles. The maximum absolute atomic E-state index is 15.4. The number of carbonyl (C=O) groups excluding carboxylic acids is 1. The Balaban J connectivity index is 1.80. The van der Waals surface area contributed by atoms with Crippen LogP contribution in [0.4, 0.5) is 14.5 Å². The van der Waals surface area contributed by atoms with Gasteiger partial charge in [-0.15, -0.1) is 0 Å². The second-order valence-electron chi connectivity index (χ2n) is 7.96. The number of carbonyl (C=O) groups is 1. The molecule has 2 heterocycles. The molecule has 1 aliphatic heterocycles. The summed E-state index contributed by atoms with van der Waals surface area (Å²) in [5.41, 5.74) is -0.0350. The fourth-order valence-corrected chi connectivity index (χ4v) is 4.32. The first-order chi connectivity index (χ1) is 15.2. The van der Waals surface area contributed by atoms with Gasteiger partial charge < -0.3 is 14.8 Å². The minimum atomic E-state index is -0.970. The van der Waals surface area contributed by atoms with Crippen LogP contribution in [0.25, 0.3) is 22.2 Å². The summed E-state index contributed by atoms with van der Waals surface area (Å²) in [6.07, 6.45) is 0.469. The Morgan fingerprint density at radius 1 is 1.28 bits per heavy atom. The molecule has 6 nitrogen and oxygen atoms in total. The van der Waals surface area contributed by atoms with Crippen molar-refractivity contribution in [2.24, 2.45) is 5.92 Å². The normalized spacial score (nSPS) is 15.8. The van der Waals surface area contributed by atoms with E-state index in [1.54, 1.807) is 14.1 Å². The van der Waals surface area contributed by atoms with Gasteiger partial charge in [0.1, 0.15) is 5.69 Å². The van der Waals surface area contributed by atoms with E-state index in [2.05, 4.69) is 4.98 Å². The molecule has 1 N–H and O–H groups in total. The van der Waals surface area contributed by atoms with Gasteiger partial charge in [-0.2, -0.15) is 5.26 Å². The third kappa shape index (κ3) is 3.69. The lowest BCUT2D eigenvalue weighted by Crippen LogP contribution is -2.32. The van der Waals surface area contributed by atoms with Gasteiger partial charge in [-0.3, -0.25) is 9.59 Å². The summed E-state index contributed by atoms with van der Waals surface area (Å²) >= 11 is 6.21. The number of nitrogens with zero attached hydrogens (tertiary/aromatic N) is 3. The van der Waals surface area contributed by atoms with E-state index in [1.165, 1.54) is 34.1 Å². The van der Waals surface area contributed by atoms with Crippen molar-refractivity contribution in [1.29, 1.82) is 5.26 Å². The molecule has 0 bridgehead atoms. The lowest BCUT2D eigenvalue weighted by atomic mass is 10.1. The molecule has 1 atom stereocenters. The third-order valence-electron chi connectivity index (χ3n) is 5.67. The van der Waals surface area contributed by atoms with Crippen LogP contribution in [0.15, 0.2) is 35.1 Å². The van der Waals surface area contributed by atoms with Crippen molar-refractivity contribution in [2.75, 3.05) is 32.1 Å². The highest BCUT2D eigenvalue weighted by atomic mass is 35.5. The van der Waals surface area contributed by atoms with Crippen LogP contribution in [0.3, 0.4) is 0 Å². The number of rotatable bonds is 3. The van der Waals surface area contributed by atoms with Crippen molar-refractivity contribution < 1.29 is 13.6 Å². The number of halogens is 3. The molecular formula is C23H19ClF2N4O2. The zero-order valence-corrected chi connectivity index (χ0v) is 18.1. The molecule has 0 saturated carbocycles. The van der Waals surface area contributed by atoms with Crippen molar-refractivity contribution in [3.63, 3.8) is 0 Å². The Bertz CT molecular complexity index is 1350. The fraction of sp³-hybridized carbons (Fsp3) is 0.261. The highest BCUT2D eigenvalue weighted by Gasteiger charge is 2.33. The van der Waals surface area contributed by atoms with Crippen LogP contribution in [0, 0.1) is 28.9 Å². The van der Waals surface area contributed by atoms with E-state index in [0.29, 0.717) is 24.1 Å². The molecule has 0 unspecified atom stereocenters. The zero-order chi connectivity index (χ0) is 23.2. The smallest absolute Gasteiger partial charge is 0.227 e. The second kappa shape index (κ2) is 8.24. The van der Waals surface area contributed by atoms with Gasteiger partial charge in [0, 0.05) is 49.9 Å². The minimum absolute atomic E-state index is 0.0233. The number of nitrogens with one attached hydrogen (secondary N) is 1. The number of H-pyrrole nitrogens is 1. The molecule has 1 aliphatic rings. The Kier molecular flexibility index (Phi) is 5.61. The summed E-state index contributed by atoms with van der Waals surface area (Å²) in [6.45, 7) is 0.471. The van der Waals surface area contributed by atoms with E-state index in [9.17, 15) is 9.59 Å². The molecule has 32 heavy (non-hydrogen) atoms. The summed E-state index contributed by atoms with van der Waals surface area (Å²) < 4.78 is 30.4. The van der Waals surface area contributed by atoms with Gasteiger partial charge in [-0.1, -0.05) is 11.6 Å². The number of amides is 1. The van der Waals surface area contributed by atoms with E-state index in [0.717, 1.165) is 6.07 Å². The maximum Gasteiger partial charge on any atom is 0.227 e. The summed E-state index contributed by atoms with van der Waals surface area (Å²) in [5, 5.41) is 9.13. The number of aromatic amines is 1. The number of fused-ring (bicyclic) bond motifs is 1. The van der Waals surface area contributed by atoms with Crippen LogP contribution in [-0.4, -0.2) is 43.0 Å². The number of aromatic nitrogens is 1. The van der Waals surface area contributed by atoms with Crippen LogP contribution in [0.5, 0.6) is 0 Å². The highest BCUT2D eigenvalue weighted by Crippen LogP contribution is 2.34. The number of benzene rings is 2. The molecule has 1 saturated heterocycles. The van der Waals surface area contributed by atoms with Gasteiger partial charge in [0.05, 0.1) is 34.1 Å². The lowest BCUT2D eigenvalue weighted by molar-refractivity contribution is -0.132. The van der Waals surface area contributed by atoms with Gasteiger partial charge in [0.25, 0.3) is 0 Å². The van der Waals surface area contributed by atoms with E-state index in [4.69, 9.17) is 16.9 Å². The predicted octanol–water partition coefficient (Wildman–Crippen LogP) is 3.91. The molecular weight excluding hydrogens is 438 g/mol. The van der Waals surface area contributed by atoms with Gasteiger partial charge >= 0.3 is 0 Å². The Morgan fingerprint density at radius 3 is 2.72 bits per heavy atom. The number of pyridine rings is 1. The summed E-state index contributed by atoms with van der Waals surface area (Å²) in [5.74, 6) is -2.27. The second-order valence-corrected chi connectivity index (χ2v) is 8.37. The number of hydrogen-bond acceptors (Lipinski definition) is 4.